The summed E-state index contributed by atoms with van der Waals surface area (Å²) in [5.74, 6) is -0.406. The molecule has 27 heavy (non-hydrogen) atoms. The lowest BCUT2D eigenvalue weighted by Crippen LogP contribution is -2.12. The van der Waals surface area contributed by atoms with E-state index in [9.17, 15) is 9.18 Å². The SMILES string of the molecule is Nc1nc(COC(=O)Cc2ccc(Br)cc2)nc(Nc2ccc(F)cc2)n1. The first kappa shape index (κ1) is 18.7. The average Bonchev–Trinajstić information content (AvgIpc) is 2.63. The van der Waals surface area contributed by atoms with E-state index >= 15 is 0 Å². The maximum absolute atomic E-state index is 13.0. The standard InChI is InChI=1S/C18H15BrFN5O2/c19-12-3-1-11(2-4-12)9-16(26)27-10-15-23-17(21)25-18(24-15)22-14-7-5-13(20)6-8-14/h1-8H,9-10H2,(H3,21,22,23,24,25). The topological polar surface area (TPSA) is 103 Å². The zero-order valence-corrected chi connectivity index (χ0v) is 15.6. The molecular weight excluding hydrogens is 417 g/mol. The summed E-state index contributed by atoms with van der Waals surface area (Å²) in [7, 11) is 0. The number of halogens is 2. The van der Waals surface area contributed by atoms with Gasteiger partial charge in [-0.05, 0) is 42.0 Å². The van der Waals surface area contributed by atoms with Crippen molar-refractivity contribution in [1.29, 1.82) is 0 Å². The van der Waals surface area contributed by atoms with Crippen LogP contribution in [0.3, 0.4) is 0 Å². The van der Waals surface area contributed by atoms with Crippen LogP contribution in [0.25, 0.3) is 0 Å². The lowest BCUT2D eigenvalue weighted by Gasteiger charge is -2.08. The van der Waals surface area contributed by atoms with E-state index in [0.29, 0.717) is 5.69 Å². The minimum Gasteiger partial charge on any atom is -0.457 e. The second-order valence-electron chi connectivity index (χ2n) is 5.53. The minimum atomic E-state index is -0.413. The van der Waals surface area contributed by atoms with E-state index in [1.807, 2.05) is 24.3 Å². The van der Waals surface area contributed by atoms with Crippen LogP contribution in [0.4, 0.5) is 22.0 Å². The first-order valence-electron chi connectivity index (χ1n) is 7.91. The van der Waals surface area contributed by atoms with Gasteiger partial charge in [-0.2, -0.15) is 15.0 Å². The number of carbonyl (C=O) groups is 1. The molecule has 7 nitrogen and oxygen atoms in total. The Bertz CT molecular complexity index is 935. The van der Waals surface area contributed by atoms with Crippen LogP contribution in [0.5, 0.6) is 0 Å². The van der Waals surface area contributed by atoms with Gasteiger partial charge in [0.25, 0.3) is 0 Å². The first-order valence-corrected chi connectivity index (χ1v) is 8.70. The smallest absolute Gasteiger partial charge is 0.310 e. The Hall–Kier alpha value is -3.07. The Kier molecular flexibility index (Phi) is 5.92. The van der Waals surface area contributed by atoms with Crippen molar-refractivity contribution >= 4 is 39.5 Å². The quantitative estimate of drug-likeness (QED) is 0.576. The molecule has 3 rings (SSSR count). The van der Waals surface area contributed by atoms with Gasteiger partial charge in [0.2, 0.25) is 11.9 Å². The highest BCUT2D eigenvalue weighted by Gasteiger charge is 2.10. The molecule has 3 aromatic rings. The molecule has 0 bridgehead atoms. The van der Waals surface area contributed by atoms with Crippen molar-refractivity contribution < 1.29 is 13.9 Å². The van der Waals surface area contributed by atoms with Crippen molar-refractivity contribution in [3.8, 4) is 0 Å². The normalized spacial score (nSPS) is 10.4. The van der Waals surface area contributed by atoms with Gasteiger partial charge in [0, 0.05) is 10.2 Å². The van der Waals surface area contributed by atoms with Crippen molar-refractivity contribution in [2.24, 2.45) is 0 Å². The highest BCUT2D eigenvalue weighted by Crippen LogP contribution is 2.15. The Morgan fingerprint density at radius 1 is 1.07 bits per heavy atom. The molecule has 1 aromatic heterocycles. The number of nitrogen functional groups attached to an aromatic ring is 1. The number of nitrogens with one attached hydrogen (secondary N) is 1. The molecule has 0 unspecified atom stereocenters. The third kappa shape index (κ3) is 5.71. The summed E-state index contributed by atoms with van der Waals surface area (Å²) in [4.78, 5) is 24.0. The molecule has 0 aliphatic carbocycles. The number of carbonyl (C=O) groups excluding carboxylic acids is 1. The number of esters is 1. The molecule has 0 saturated heterocycles. The molecule has 3 N–H and O–H groups in total. The van der Waals surface area contributed by atoms with Crippen molar-refractivity contribution in [2.45, 2.75) is 13.0 Å². The van der Waals surface area contributed by atoms with E-state index in [2.05, 4.69) is 36.2 Å². The van der Waals surface area contributed by atoms with E-state index in [4.69, 9.17) is 10.5 Å². The Morgan fingerprint density at radius 3 is 2.48 bits per heavy atom. The molecular formula is C18H15BrFN5O2. The number of ether oxygens (including phenoxy) is 1. The molecule has 0 fully saturated rings. The molecule has 2 aromatic carbocycles. The average molecular weight is 432 g/mol. The number of rotatable bonds is 6. The maximum Gasteiger partial charge on any atom is 0.310 e. The zero-order chi connectivity index (χ0) is 19.2. The minimum absolute atomic E-state index is 0.0198. The number of hydrogen-bond acceptors (Lipinski definition) is 7. The largest absolute Gasteiger partial charge is 0.457 e. The van der Waals surface area contributed by atoms with Crippen molar-refractivity contribution in [2.75, 3.05) is 11.1 Å². The van der Waals surface area contributed by atoms with Gasteiger partial charge >= 0.3 is 5.97 Å². The molecule has 0 radical (unpaired) electrons. The Labute approximate surface area is 162 Å². The number of aromatic nitrogens is 3. The summed E-state index contributed by atoms with van der Waals surface area (Å²) in [6.45, 7) is -0.139. The molecule has 0 aliphatic rings. The summed E-state index contributed by atoms with van der Waals surface area (Å²) in [6.07, 6.45) is 0.133. The van der Waals surface area contributed by atoms with Gasteiger partial charge in [-0.1, -0.05) is 28.1 Å². The molecule has 1 heterocycles. The highest BCUT2D eigenvalue weighted by atomic mass is 79.9. The van der Waals surface area contributed by atoms with Gasteiger partial charge < -0.3 is 15.8 Å². The number of nitrogens with zero attached hydrogens (tertiary/aromatic N) is 3. The second-order valence-corrected chi connectivity index (χ2v) is 6.44. The van der Waals surface area contributed by atoms with Crippen LogP contribution in [-0.2, 0) is 22.6 Å². The monoisotopic (exact) mass is 431 g/mol. The molecule has 138 valence electrons. The number of benzene rings is 2. The summed E-state index contributed by atoms with van der Waals surface area (Å²) >= 11 is 3.34. The highest BCUT2D eigenvalue weighted by molar-refractivity contribution is 9.10. The fraction of sp³-hybridized carbons (Fsp3) is 0.111. The predicted octanol–water partition coefficient (Wildman–Crippen LogP) is 3.38. The summed E-state index contributed by atoms with van der Waals surface area (Å²) < 4.78 is 19.1. The molecule has 0 saturated carbocycles. The second kappa shape index (κ2) is 8.54. The first-order chi connectivity index (χ1) is 13.0. The Morgan fingerprint density at radius 2 is 1.78 bits per heavy atom. The van der Waals surface area contributed by atoms with Crippen LogP contribution in [0, 0.1) is 5.82 Å². The third-order valence-corrected chi connectivity index (χ3v) is 3.95. The van der Waals surface area contributed by atoms with Gasteiger partial charge in [-0.25, -0.2) is 4.39 Å². The van der Waals surface area contributed by atoms with Crippen LogP contribution in [0.1, 0.15) is 11.4 Å². The number of nitrogens with two attached hydrogens (primary N) is 1. The zero-order valence-electron chi connectivity index (χ0n) is 14.0. The molecule has 9 heteroatoms. The van der Waals surface area contributed by atoms with Crippen LogP contribution in [0.15, 0.2) is 53.0 Å². The van der Waals surface area contributed by atoms with E-state index in [1.54, 1.807) is 0 Å². The van der Waals surface area contributed by atoms with Crippen LogP contribution >= 0.6 is 15.9 Å². The molecule has 0 spiro atoms. The molecule has 0 atom stereocenters. The summed E-state index contributed by atoms with van der Waals surface area (Å²) in [5, 5.41) is 2.89. The van der Waals surface area contributed by atoms with Crippen molar-refractivity contribution in [3.05, 3.63) is 70.2 Å². The van der Waals surface area contributed by atoms with E-state index in [-0.39, 0.29) is 36.6 Å². The summed E-state index contributed by atoms with van der Waals surface area (Å²) in [5.41, 5.74) is 7.09. The molecule has 0 amide bonds. The van der Waals surface area contributed by atoms with E-state index < -0.39 is 5.97 Å². The van der Waals surface area contributed by atoms with Crippen LogP contribution in [-0.4, -0.2) is 20.9 Å². The van der Waals surface area contributed by atoms with Gasteiger partial charge in [0.15, 0.2) is 12.4 Å². The number of anilines is 3. The van der Waals surface area contributed by atoms with Crippen molar-refractivity contribution in [3.63, 3.8) is 0 Å². The van der Waals surface area contributed by atoms with Gasteiger partial charge in [0.05, 0.1) is 6.42 Å². The number of hydrogen-bond donors (Lipinski definition) is 2. The molecule has 0 aliphatic heterocycles. The fourth-order valence-electron chi connectivity index (χ4n) is 2.19. The van der Waals surface area contributed by atoms with Gasteiger partial charge in [0.1, 0.15) is 5.82 Å². The van der Waals surface area contributed by atoms with Crippen LogP contribution < -0.4 is 11.1 Å². The van der Waals surface area contributed by atoms with Gasteiger partial charge in [-0.3, -0.25) is 4.79 Å². The van der Waals surface area contributed by atoms with Crippen LogP contribution in [0.2, 0.25) is 0 Å². The fourth-order valence-corrected chi connectivity index (χ4v) is 2.45. The predicted molar refractivity (Wildman–Crippen MR) is 102 cm³/mol. The Balaban J connectivity index is 1.61. The van der Waals surface area contributed by atoms with E-state index in [0.717, 1.165) is 10.0 Å². The lowest BCUT2D eigenvalue weighted by molar-refractivity contribution is -0.144. The third-order valence-electron chi connectivity index (χ3n) is 3.42. The van der Waals surface area contributed by atoms with E-state index in [1.165, 1.54) is 24.3 Å². The maximum atomic E-state index is 13.0. The lowest BCUT2D eigenvalue weighted by atomic mass is 10.2. The van der Waals surface area contributed by atoms with Gasteiger partial charge in [-0.15, -0.1) is 0 Å². The summed E-state index contributed by atoms with van der Waals surface area (Å²) in [6, 6.07) is 13.0. The van der Waals surface area contributed by atoms with Crippen molar-refractivity contribution in [1.82, 2.24) is 15.0 Å².